The van der Waals surface area contributed by atoms with Crippen LogP contribution >= 0.6 is 11.6 Å². The maximum Gasteiger partial charge on any atom is 0.393 e. The molecular weight excluding hydrogens is 1460 g/mol. The summed E-state index contributed by atoms with van der Waals surface area (Å²) < 4.78 is 135. The van der Waals surface area contributed by atoms with E-state index in [4.69, 9.17) is 16.3 Å². The largest absolute Gasteiger partial charge is 0.393 e. The molecule has 4 saturated carbocycles. The normalized spacial score (nSPS) is 30.8. The zero-order valence-electron chi connectivity index (χ0n) is 63.9. The molecule has 0 aromatic rings. The Balaban J connectivity index is 1.31. The number of amides is 12. The Bertz CT molecular complexity index is 3180. The average molecular weight is 1570 g/mol. The van der Waals surface area contributed by atoms with Gasteiger partial charge < -0.3 is 64.8 Å². The minimum atomic E-state index is -5.14. The van der Waals surface area contributed by atoms with Crippen LogP contribution in [0.4, 0.5) is 39.5 Å². The van der Waals surface area contributed by atoms with E-state index in [-0.39, 0.29) is 116 Å². The fourth-order valence-electron chi connectivity index (χ4n) is 17.0. The summed E-state index contributed by atoms with van der Waals surface area (Å²) >= 11 is 6.40. The first-order valence-electron chi connectivity index (χ1n) is 38.3. The Labute approximate surface area is 631 Å². The summed E-state index contributed by atoms with van der Waals surface area (Å²) in [6.45, 7) is 2.64. The van der Waals surface area contributed by atoms with Gasteiger partial charge in [-0.1, -0.05) is 52.4 Å². The summed E-state index contributed by atoms with van der Waals surface area (Å²) in [5.74, 6) is -17.1. The first-order valence-corrected chi connectivity index (χ1v) is 38.7. The first kappa shape index (κ1) is 88.5. The van der Waals surface area contributed by atoms with Gasteiger partial charge in [0.2, 0.25) is 70.9 Å². The Morgan fingerprint density at radius 3 is 1.76 bits per heavy atom. The fourth-order valence-corrected chi connectivity index (χ4v) is 17.6. The molecule has 7 fully saturated rings. The molecule has 35 heteroatoms. The van der Waals surface area contributed by atoms with Crippen LogP contribution < -0.4 is 16.0 Å². The van der Waals surface area contributed by atoms with Crippen molar-refractivity contribution in [3.8, 4) is 0 Å². The molecule has 4 aliphatic carbocycles. The Hall–Kier alpha value is -6.74. The molecule has 612 valence electrons. The number of carbonyl (C=O) groups is 12. The maximum atomic E-state index is 15.8. The number of fused-ring (bicyclic) bond motifs is 1. The summed E-state index contributed by atoms with van der Waals surface area (Å²) in [6, 6.07) is -11.6. The minimum Gasteiger partial charge on any atom is -0.377 e. The standard InChI is InChI=1S/C73H112ClF9N12O13/c1-11-43(3)60-67(105)89(6)41-58(98)87(4)42-59(99)90(7)53(35-45-22-26-47(27-23-45)72(78,79)80)65(103)88(5)40-56(96)84-51(29-25-44-24-28-49(50(74)34-44)73(81,82)83)64(102)95-39-48(108-12-2)36-52(95)63(101)86-70(30-16-17-31-70)69(107)93(10)61(46-20-14-13-15-21-46)68(106)92(9)54(66(104)94-32-18-19-33-94)37-57(97)91(8)55(62(100)85-60)38-71(75,76)77/h43-55,60-61H,11-42H2,1-10H3,(H,84,96)(H,85,100)(H,86,101)/t43-,44?,45?,47?,48+,49?,50?,51-,52-,53-,54-,55-,60-,61-/m0/s1. The van der Waals surface area contributed by atoms with Gasteiger partial charge in [-0.15, -0.1) is 11.6 Å². The Kier molecular flexibility index (Phi) is 31.1. The van der Waals surface area contributed by atoms with Gasteiger partial charge in [-0.2, -0.15) is 39.5 Å². The van der Waals surface area contributed by atoms with Crippen LogP contribution in [-0.2, 0) is 62.3 Å². The lowest BCUT2D eigenvalue weighted by atomic mass is 9.78. The number of likely N-dealkylation sites (N-methyl/N-ethyl adjacent to an activating group) is 7. The van der Waals surface area contributed by atoms with E-state index in [0.29, 0.717) is 56.3 Å². The number of alkyl halides is 10. The smallest absolute Gasteiger partial charge is 0.377 e. The van der Waals surface area contributed by atoms with E-state index >= 15 is 19.2 Å². The number of nitrogens with zero attached hydrogens (tertiary/aromatic N) is 9. The SMILES string of the molecule is CCO[C@@H]1C[C@H]2C(=O)NC3(CCCC3)C(=O)N(C)[C@@H](C3CCCCC3)C(=O)N(C)[C@H](C(=O)N3CCCC3)CC(=O)N(C)[C@@H](CC(F)(F)F)C(=O)N[C@@H]([C@@H](C)CC)C(=O)N(C)CC(=O)N(C)CC(=O)N(C)[C@@H](CC3CCC(C(F)(F)F)CC3)C(=O)N(C)CC(=O)N[C@@H](CCC3CCC(C(F)(F)F)C(Cl)C3)C(=O)N2C1. The Morgan fingerprint density at radius 1 is 0.593 bits per heavy atom. The number of hydrogen-bond donors (Lipinski definition) is 3. The van der Waals surface area contributed by atoms with Crippen LogP contribution in [0.25, 0.3) is 0 Å². The van der Waals surface area contributed by atoms with Crippen LogP contribution in [0.2, 0.25) is 0 Å². The third kappa shape index (κ3) is 22.5. The van der Waals surface area contributed by atoms with Crippen LogP contribution in [0.3, 0.4) is 0 Å². The molecule has 0 radical (unpaired) electrons. The number of hydrogen-bond acceptors (Lipinski definition) is 13. The predicted molar refractivity (Wildman–Crippen MR) is 377 cm³/mol. The van der Waals surface area contributed by atoms with Gasteiger partial charge in [-0.3, -0.25) is 57.5 Å². The summed E-state index contributed by atoms with van der Waals surface area (Å²) in [5.41, 5.74) is -1.75. The Morgan fingerprint density at radius 2 is 1.19 bits per heavy atom. The van der Waals surface area contributed by atoms with Crippen molar-refractivity contribution in [3.05, 3.63) is 0 Å². The van der Waals surface area contributed by atoms with Crippen molar-refractivity contribution in [2.75, 3.05) is 95.2 Å². The van der Waals surface area contributed by atoms with Crippen molar-refractivity contribution in [2.24, 2.45) is 35.5 Å². The molecule has 108 heavy (non-hydrogen) atoms. The minimum absolute atomic E-state index is 0.0176. The van der Waals surface area contributed by atoms with Crippen LogP contribution in [0.5, 0.6) is 0 Å². The summed E-state index contributed by atoms with van der Waals surface area (Å²) in [6.07, 6.45) is -14.6. The number of carbonyl (C=O) groups excluding carboxylic acids is 12. The van der Waals surface area contributed by atoms with Gasteiger partial charge >= 0.3 is 18.5 Å². The molecule has 0 bridgehead atoms. The molecule has 12 atom stereocenters. The van der Waals surface area contributed by atoms with Crippen LogP contribution in [0.1, 0.15) is 181 Å². The summed E-state index contributed by atoms with van der Waals surface area (Å²) in [7, 11) is 8.30. The lowest BCUT2D eigenvalue weighted by Gasteiger charge is -2.43. The highest BCUT2D eigenvalue weighted by Gasteiger charge is 2.54. The van der Waals surface area contributed by atoms with Gasteiger partial charge in [-0.25, -0.2) is 0 Å². The van der Waals surface area contributed by atoms with E-state index in [1.54, 1.807) is 13.8 Å². The van der Waals surface area contributed by atoms with Crippen molar-refractivity contribution < 1.29 is 102 Å². The summed E-state index contributed by atoms with van der Waals surface area (Å²) in [5, 5.41) is 6.77. The van der Waals surface area contributed by atoms with E-state index in [2.05, 4.69) is 16.0 Å². The zero-order valence-corrected chi connectivity index (χ0v) is 64.7. The van der Waals surface area contributed by atoms with Gasteiger partial charge in [0.05, 0.1) is 50.4 Å². The highest BCUT2D eigenvalue weighted by Crippen LogP contribution is 2.45. The second-order valence-corrected chi connectivity index (χ2v) is 32.0. The molecule has 7 rings (SSSR count). The molecule has 3 saturated heterocycles. The molecule has 12 amide bonds. The van der Waals surface area contributed by atoms with Crippen LogP contribution in [0, 0.1) is 35.5 Å². The second kappa shape index (κ2) is 38.0. The predicted octanol–water partition coefficient (Wildman–Crippen LogP) is 6.80. The molecule has 7 aliphatic rings. The number of likely N-dealkylation sites (tertiary alicyclic amines) is 1. The zero-order chi connectivity index (χ0) is 80.2. The molecule has 1 spiro atoms. The van der Waals surface area contributed by atoms with Gasteiger partial charge in [-0.05, 0) is 133 Å². The molecule has 3 heterocycles. The second-order valence-electron chi connectivity index (χ2n) is 31.5. The van der Waals surface area contributed by atoms with Crippen molar-refractivity contribution >= 4 is 82.5 Å². The first-order chi connectivity index (χ1) is 50.5. The number of nitrogens with one attached hydrogen (secondary N) is 3. The topological polar surface area (TPSA) is 279 Å². The molecule has 0 aromatic carbocycles. The van der Waals surface area contributed by atoms with Gasteiger partial charge in [0.1, 0.15) is 47.8 Å². The monoisotopic (exact) mass is 1570 g/mol. The lowest BCUT2D eigenvalue weighted by molar-refractivity contribution is -0.184. The highest BCUT2D eigenvalue weighted by atomic mass is 35.5. The molecule has 0 aromatic heterocycles. The van der Waals surface area contributed by atoms with Crippen molar-refractivity contribution in [1.82, 2.24) is 60.0 Å². The molecule has 25 nitrogen and oxygen atoms in total. The average Bonchev–Trinajstić information content (AvgIpc) is 1.55. The number of ether oxygens (including phenoxy) is 1. The maximum absolute atomic E-state index is 15.8. The van der Waals surface area contributed by atoms with Crippen molar-refractivity contribution in [2.45, 2.75) is 259 Å². The third-order valence-electron chi connectivity index (χ3n) is 23.9. The van der Waals surface area contributed by atoms with E-state index in [9.17, 15) is 77.9 Å². The quantitative estimate of drug-likeness (QED) is 0.134. The molecule has 3 N–H and O–H groups in total. The number of rotatable bonds is 12. The van der Waals surface area contributed by atoms with Crippen LogP contribution in [0.15, 0.2) is 0 Å². The lowest BCUT2D eigenvalue weighted by Crippen LogP contribution is -2.65. The fraction of sp³-hybridized carbons (Fsp3) is 0.836. The van der Waals surface area contributed by atoms with E-state index in [1.165, 1.54) is 56.9 Å². The van der Waals surface area contributed by atoms with Gasteiger partial charge in [0.15, 0.2) is 0 Å². The summed E-state index contributed by atoms with van der Waals surface area (Å²) in [4.78, 5) is 188. The van der Waals surface area contributed by atoms with E-state index < -0.39 is 217 Å². The number of halogens is 10. The molecular formula is C73H112ClF9N12O13. The van der Waals surface area contributed by atoms with Gasteiger partial charge in [0, 0.05) is 87.4 Å². The van der Waals surface area contributed by atoms with Crippen molar-refractivity contribution in [1.29, 1.82) is 0 Å². The molecule has 3 aliphatic heterocycles. The third-order valence-corrected chi connectivity index (χ3v) is 24.4. The molecule has 3 unspecified atom stereocenters. The highest BCUT2D eigenvalue weighted by molar-refractivity contribution is 6.21. The van der Waals surface area contributed by atoms with E-state index in [1.807, 2.05) is 0 Å². The van der Waals surface area contributed by atoms with Crippen molar-refractivity contribution in [3.63, 3.8) is 0 Å². The van der Waals surface area contributed by atoms with Crippen LogP contribution in [-0.4, -0.2) is 288 Å². The van der Waals surface area contributed by atoms with E-state index in [0.717, 1.165) is 45.0 Å². The van der Waals surface area contributed by atoms with Gasteiger partial charge in [0.25, 0.3) is 0 Å².